The van der Waals surface area contributed by atoms with E-state index in [-0.39, 0.29) is 51.4 Å². The summed E-state index contributed by atoms with van der Waals surface area (Å²) in [7, 11) is -8.30. The van der Waals surface area contributed by atoms with Gasteiger partial charge in [-0.15, -0.1) is 0 Å². The third-order valence-electron chi connectivity index (χ3n) is 3.15. The smallest absolute Gasteiger partial charge is 0.743 e. The molecular formula is C8F17KO3S. The predicted octanol–water partition coefficient (Wildman–Crippen LogP) is 1.50. The fourth-order valence-corrected chi connectivity index (χ4v) is 2.14. The van der Waals surface area contributed by atoms with Crippen LogP contribution in [0.15, 0.2) is 0 Å². The Morgan fingerprint density at radius 3 is 0.867 bits per heavy atom. The van der Waals surface area contributed by atoms with Crippen LogP contribution in [0.4, 0.5) is 74.6 Å². The minimum atomic E-state index is -9.32. The van der Waals surface area contributed by atoms with Crippen LogP contribution in [-0.2, 0) is 10.1 Å². The second-order valence-electron chi connectivity index (χ2n) is 4.93. The molecule has 0 bridgehead atoms. The molecule has 0 aromatic rings. The Bertz CT molecular complexity index is 720. The number of hydrogen-bond donors (Lipinski definition) is 0. The molecule has 0 radical (unpaired) electrons. The SMILES string of the molecule is O=S(=O)([O-])C(F)(F)C(F)(F)C(F)(F)C(F)(C(F)(F)F)C(F)(C(F)(F)F)C(F)(F)F.[K+]. The van der Waals surface area contributed by atoms with Crippen molar-refractivity contribution < 1.29 is 139 Å². The quantitative estimate of drug-likeness (QED) is 0.303. The van der Waals surface area contributed by atoms with Crippen LogP contribution in [-0.4, -0.2) is 59.9 Å². The summed E-state index contributed by atoms with van der Waals surface area (Å²) in [6.07, 6.45) is -25.7. The zero-order chi connectivity index (χ0) is 24.5. The first-order valence-corrected chi connectivity index (χ1v) is 7.08. The summed E-state index contributed by atoms with van der Waals surface area (Å²) in [5, 5.41) is -8.15. The van der Waals surface area contributed by atoms with Gasteiger partial charge in [0.05, 0.1) is 0 Å². The van der Waals surface area contributed by atoms with E-state index in [0.29, 0.717) is 0 Å². The molecule has 0 saturated carbocycles. The van der Waals surface area contributed by atoms with Crippen LogP contribution in [0, 0.1) is 0 Å². The van der Waals surface area contributed by atoms with E-state index in [4.69, 9.17) is 0 Å². The van der Waals surface area contributed by atoms with E-state index >= 15 is 0 Å². The van der Waals surface area contributed by atoms with Crippen LogP contribution in [0.25, 0.3) is 0 Å². The van der Waals surface area contributed by atoms with Crippen LogP contribution in [0.5, 0.6) is 0 Å². The Labute approximate surface area is 195 Å². The molecule has 0 aliphatic rings. The summed E-state index contributed by atoms with van der Waals surface area (Å²) in [5.74, 6) is -18.0. The van der Waals surface area contributed by atoms with Crippen LogP contribution in [0.2, 0.25) is 0 Å². The Morgan fingerprint density at radius 2 is 0.700 bits per heavy atom. The summed E-state index contributed by atoms with van der Waals surface area (Å²) >= 11 is 0. The summed E-state index contributed by atoms with van der Waals surface area (Å²) in [4.78, 5) is 0. The van der Waals surface area contributed by atoms with Crippen molar-refractivity contribution in [3.05, 3.63) is 0 Å². The van der Waals surface area contributed by atoms with Gasteiger partial charge in [0.1, 0.15) is 0 Å². The molecule has 0 spiro atoms. The van der Waals surface area contributed by atoms with Crippen molar-refractivity contribution in [2.75, 3.05) is 0 Å². The van der Waals surface area contributed by atoms with Gasteiger partial charge < -0.3 is 4.55 Å². The molecule has 0 N–H and O–H groups in total. The molecule has 30 heavy (non-hydrogen) atoms. The van der Waals surface area contributed by atoms with Gasteiger partial charge >= 0.3 is 98.4 Å². The molecule has 0 rings (SSSR count). The first-order chi connectivity index (χ1) is 12.0. The van der Waals surface area contributed by atoms with Crippen molar-refractivity contribution in [3.8, 4) is 0 Å². The molecule has 0 saturated heterocycles. The Balaban J connectivity index is 0. The van der Waals surface area contributed by atoms with Gasteiger partial charge in [0.25, 0.3) is 0 Å². The molecule has 0 aliphatic heterocycles. The normalized spacial score (nSPS) is 17.9. The summed E-state index contributed by atoms with van der Waals surface area (Å²) < 4.78 is 246. The van der Waals surface area contributed by atoms with Gasteiger partial charge in [0.2, 0.25) is 0 Å². The molecule has 0 amide bonds. The van der Waals surface area contributed by atoms with Gasteiger partial charge in [-0.3, -0.25) is 0 Å². The van der Waals surface area contributed by atoms with E-state index in [9.17, 15) is 87.6 Å². The Kier molecular flexibility index (Phi) is 8.66. The molecule has 3 nitrogen and oxygen atoms in total. The maximum Gasteiger partial charge on any atom is 1.00 e. The van der Waals surface area contributed by atoms with E-state index in [1.165, 1.54) is 0 Å². The molecule has 0 aromatic carbocycles. The monoisotopic (exact) mass is 538 g/mol. The zero-order valence-corrected chi connectivity index (χ0v) is 17.0. The topological polar surface area (TPSA) is 57.2 Å². The Hall–Kier alpha value is 0.356. The second kappa shape index (κ2) is 7.99. The maximum atomic E-state index is 13.7. The standard InChI is InChI=1S/C8HF17O3S.K/c9-1(5(15,16)17,2(10,6(18,19)20)7(21,22)23)3(11,12)4(13,14)8(24,25)29(26,27)28;/h(H,26,27,28);/q;+1/p-1. The average Bonchev–Trinajstić information content (AvgIpc) is 2.39. The number of hydrogen-bond acceptors (Lipinski definition) is 3. The van der Waals surface area contributed by atoms with Crippen molar-refractivity contribution >= 4 is 10.1 Å². The molecular weight excluding hydrogens is 538 g/mol. The fraction of sp³-hybridized carbons (Fsp3) is 1.00. The van der Waals surface area contributed by atoms with Gasteiger partial charge in [-0.05, 0) is 0 Å². The van der Waals surface area contributed by atoms with Crippen molar-refractivity contribution in [2.45, 2.75) is 47.0 Å². The Morgan fingerprint density at radius 1 is 0.467 bits per heavy atom. The van der Waals surface area contributed by atoms with Crippen LogP contribution in [0.1, 0.15) is 0 Å². The summed E-state index contributed by atoms with van der Waals surface area (Å²) in [5.41, 5.74) is -18.4. The van der Waals surface area contributed by atoms with E-state index in [1.807, 2.05) is 0 Å². The minimum Gasteiger partial charge on any atom is -0.743 e. The molecule has 176 valence electrons. The molecule has 0 aromatic heterocycles. The molecule has 1 atom stereocenters. The van der Waals surface area contributed by atoms with Gasteiger partial charge in [-0.1, -0.05) is 0 Å². The first kappa shape index (κ1) is 32.5. The van der Waals surface area contributed by atoms with Gasteiger partial charge in [-0.2, -0.15) is 65.9 Å². The average molecular weight is 538 g/mol. The number of alkyl halides is 17. The van der Waals surface area contributed by atoms with Crippen LogP contribution in [0.3, 0.4) is 0 Å². The van der Waals surface area contributed by atoms with Crippen molar-refractivity contribution in [1.82, 2.24) is 0 Å². The molecule has 1 unspecified atom stereocenters. The van der Waals surface area contributed by atoms with Crippen LogP contribution < -0.4 is 51.4 Å². The van der Waals surface area contributed by atoms with E-state index in [0.717, 1.165) is 0 Å². The van der Waals surface area contributed by atoms with Gasteiger partial charge in [0.15, 0.2) is 10.1 Å². The fourth-order valence-electron chi connectivity index (χ4n) is 1.70. The zero-order valence-electron chi connectivity index (χ0n) is 13.1. The second-order valence-corrected chi connectivity index (χ2v) is 6.35. The van der Waals surface area contributed by atoms with Gasteiger partial charge in [0, 0.05) is 0 Å². The third kappa shape index (κ3) is 4.05. The van der Waals surface area contributed by atoms with Gasteiger partial charge in [-0.25, -0.2) is 17.2 Å². The predicted molar refractivity (Wildman–Crippen MR) is 50.4 cm³/mol. The first-order valence-electron chi connectivity index (χ1n) is 5.67. The van der Waals surface area contributed by atoms with Crippen molar-refractivity contribution in [2.24, 2.45) is 0 Å². The van der Waals surface area contributed by atoms with E-state index in [1.54, 1.807) is 0 Å². The van der Waals surface area contributed by atoms with Crippen molar-refractivity contribution in [3.63, 3.8) is 0 Å². The largest absolute Gasteiger partial charge is 1.00 e. The molecule has 0 fully saturated rings. The molecule has 22 heteroatoms. The maximum absolute atomic E-state index is 13.7. The summed E-state index contributed by atoms with van der Waals surface area (Å²) in [6.45, 7) is 0. The number of rotatable bonds is 5. The number of halogens is 17. The van der Waals surface area contributed by atoms with Crippen LogP contribution >= 0.6 is 0 Å². The van der Waals surface area contributed by atoms with E-state index in [2.05, 4.69) is 0 Å². The summed E-state index contributed by atoms with van der Waals surface area (Å²) in [6, 6.07) is 0. The minimum absolute atomic E-state index is 0. The van der Waals surface area contributed by atoms with E-state index < -0.39 is 57.1 Å². The molecule has 0 aliphatic carbocycles. The molecule has 0 heterocycles. The van der Waals surface area contributed by atoms with Crippen molar-refractivity contribution in [1.29, 1.82) is 0 Å². The third-order valence-corrected chi connectivity index (χ3v) is 4.04.